The van der Waals surface area contributed by atoms with Gasteiger partial charge in [-0.25, -0.2) is 9.69 Å². The first-order valence-electron chi connectivity index (χ1n) is 13.8. The average Bonchev–Trinajstić information content (AvgIpc) is 3.50. The number of anilines is 2. The number of hydrogen-bond donors (Lipinski definition) is 0. The summed E-state index contributed by atoms with van der Waals surface area (Å²) in [5.41, 5.74) is 4.18. The van der Waals surface area contributed by atoms with Gasteiger partial charge in [0.2, 0.25) is 11.8 Å². The highest BCUT2D eigenvalue weighted by Crippen LogP contribution is 2.49. The molecular weight excluding hydrogens is 528 g/mol. The Balaban J connectivity index is 1.22. The molecule has 0 aliphatic carbocycles. The molecule has 3 aliphatic rings. The zero-order chi connectivity index (χ0) is 29.0. The minimum atomic E-state index is -1.02. The Kier molecular flexibility index (Phi) is 6.08. The first-order valence-corrected chi connectivity index (χ1v) is 13.8. The van der Waals surface area contributed by atoms with Gasteiger partial charge in [-0.05, 0) is 55.0 Å². The number of imide groups is 1. The van der Waals surface area contributed by atoms with E-state index in [2.05, 4.69) is 0 Å². The summed E-state index contributed by atoms with van der Waals surface area (Å²) in [6.45, 7) is 1.93. The van der Waals surface area contributed by atoms with E-state index < -0.39 is 35.8 Å². The van der Waals surface area contributed by atoms with Gasteiger partial charge in [0.1, 0.15) is 11.8 Å². The number of esters is 1. The van der Waals surface area contributed by atoms with E-state index in [1.807, 2.05) is 66.4 Å². The second-order valence-corrected chi connectivity index (χ2v) is 10.8. The third kappa shape index (κ3) is 4.05. The molecule has 4 aromatic rings. The van der Waals surface area contributed by atoms with Gasteiger partial charge >= 0.3 is 5.97 Å². The maximum absolute atomic E-state index is 14.0. The van der Waals surface area contributed by atoms with Crippen LogP contribution in [0, 0.1) is 18.8 Å². The third-order valence-corrected chi connectivity index (χ3v) is 8.32. The molecule has 0 radical (unpaired) electrons. The summed E-state index contributed by atoms with van der Waals surface area (Å²) in [6, 6.07) is 28.6. The molecule has 7 nitrogen and oxygen atoms in total. The number of ketones is 1. The minimum absolute atomic E-state index is 0.141. The van der Waals surface area contributed by atoms with Crippen LogP contribution >= 0.6 is 0 Å². The second kappa shape index (κ2) is 9.96. The van der Waals surface area contributed by atoms with Crippen molar-refractivity contribution in [2.24, 2.45) is 11.8 Å². The molecule has 3 heterocycles. The van der Waals surface area contributed by atoms with Crippen LogP contribution < -0.4 is 14.5 Å². The van der Waals surface area contributed by atoms with Crippen molar-refractivity contribution in [2.75, 3.05) is 9.80 Å². The largest absolute Gasteiger partial charge is 0.425 e. The molecule has 0 saturated carbocycles. The Morgan fingerprint density at radius 1 is 0.714 bits per heavy atom. The lowest BCUT2D eigenvalue weighted by Crippen LogP contribution is -2.50. The number of fused-ring (bicyclic) bond motifs is 5. The second-order valence-electron chi connectivity index (χ2n) is 10.8. The number of hydrogen-bond acceptors (Lipinski definition) is 6. The standard InChI is InChI=1S/C35H26N2O5/c1-21-11-16-25(17-12-21)36-33(39)29-28-20-15-22-7-5-6-10-27(22)37(28)31(30(29)34(36)40)35(41)42-26-18-13-24(14-19-26)32(38)23-8-3-2-4-9-23/h2-20,28-31H,1H3/t28-,29+,30-,31+/m1/s1. The molecule has 0 spiro atoms. The topological polar surface area (TPSA) is 84.0 Å². The van der Waals surface area contributed by atoms with Gasteiger partial charge in [-0.2, -0.15) is 0 Å². The maximum Gasteiger partial charge on any atom is 0.335 e. The van der Waals surface area contributed by atoms with Crippen LogP contribution in [0.3, 0.4) is 0 Å². The fraction of sp³-hybridized carbons (Fsp3) is 0.143. The monoisotopic (exact) mass is 554 g/mol. The molecule has 0 aromatic heterocycles. The summed E-state index contributed by atoms with van der Waals surface area (Å²) in [6.07, 6.45) is 3.84. The van der Waals surface area contributed by atoms with Gasteiger partial charge in [0.25, 0.3) is 0 Å². The number of para-hydroxylation sites is 1. The van der Waals surface area contributed by atoms with E-state index in [1.165, 1.54) is 4.90 Å². The Morgan fingerprint density at radius 3 is 2.10 bits per heavy atom. The van der Waals surface area contributed by atoms with E-state index in [9.17, 15) is 19.2 Å². The molecular formula is C35H26N2O5. The summed E-state index contributed by atoms with van der Waals surface area (Å²) in [4.78, 5) is 57.7. The Hall–Kier alpha value is -5.30. The molecule has 2 fully saturated rings. The number of carbonyl (C=O) groups is 4. The Labute approximate surface area is 242 Å². The van der Waals surface area contributed by atoms with Crippen LogP contribution in [0.4, 0.5) is 11.4 Å². The lowest BCUT2D eigenvalue weighted by molar-refractivity contribution is -0.139. The summed E-state index contributed by atoms with van der Waals surface area (Å²) in [5.74, 6) is -2.94. The number of rotatable bonds is 5. The lowest BCUT2D eigenvalue weighted by Gasteiger charge is -2.36. The predicted octanol–water partition coefficient (Wildman–Crippen LogP) is 5.22. The number of carbonyl (C=O) groups excluding carboxylic acids is 4. The molecule has 7 rings (SSSR count). The lowest BCUT2D eigenvalue weighted by atomic mass is 9.89. The minimum Gasteiger partial charge on any atom is -0.425 e. The van der Waals surface area contributed by atoms with Crippen molar-refractivity contribution < 1.29 is 23.9 Å². The zero-order valence-electron chi connectivity index (χ0n) is 22.7. The van der Waals surface area contributed by atoms with Gasteiger partial charge in [0.15, 0.2) is 5.78 Å². The van der Waals surface area contributed by atoms with Gasteiger partial charge in [-0.1, -0.05) is 78.4 Å². The number of aryl methyl sites for hydroxylation is 1. The first-order chi connectivity index (χ1) is 20.4. The van der Waals surface area contributed by atoms with E-state index in [4.69, 9.17) is 4.74 Å². The van der Waals surface area contributed by atoms with Crippen LogP contribution in [-0.4, -0.2) is 35.7 Å². The van der Waals surface area contributed by atoms with Gasteiger partial charge in [-0.15, -0.1) is 0 Å². The molecule has 0 N–H and O–H groups in total. The fourth-order valence-electron chi connectivity index (χ4n) is 6.34. The summed E-state index contributed by atoms with van der Waals surface area (Å²) in [5, 5.41) is 0. The molecule has 4 atom stereocenters. The van der Waals surface area contributed by atoms with E-state index in [0.717, 1.165) is 16.8 Å². The Morgan fingerprint density at radius 2 is 1.36 bits per heavy atom. The van der Waals surface area contributed by atoms with Crippen molar-refractivity contribution in [2.45, 2.75) is 19.0 Å². The van der Waals surface area contributed by atoms with Gasteiger partial charge < -0.3 is 9.64 Å². The third-order valence-electron chi connectivity index (χ3n) is 8.32. The summed E-state index contributed by atoms with van der Waals surface area (Å²) >= 11 is 0. The van der Waals surface area contributed by atoms with Crippen molar-refractivity contribution in [3.05, 3.63) is 131 Å². The molecule has 2 saturated heterocycles. The highest BCUT2D eigenvalue weighted by atomic mass is 16.5. The molecule has 0 unspecified atom stereocenters. The van der Waals surface area contributed by atoms with Crippen molar-refractivity contribution in [1.29, 1.82) is 0 Å². The molecule has 2 amide bonds. The van der Waals surface area contributed by atoms with E-state index in [-0.39, 0.29) is 17.4 Å². The van der Waals surface area contributed by atoms with Crippen molar-refractivity contribution in [3.8, 4) is 5.75 Å². The number of benzene rings is 4. The maximum atomic E-state index is 14.0. The normalized spacial score (nSPS) is 22.0. The Bertz CT molecular complexity index is 1760. The fourth-order valence-corrected chi connectivity index (χ4v) is 6.34. The SMILES string of the molecule is Cc1ccc(N2C(=O)[C@@H]3[C@@H](C2=O)[C@@H](C(=O)Oc2ccc(C(=O)c4ccccc4)cc2)N2c4ccccc4C=C[C@H]32)cc1. The number of amides is 2. The highest BCUT2D eigenvalue weighted by Gasteiger charge is 2.65. The zero-order valence-corrected chi connectivity index (χ0v) is 22.7. The molecule has 7 heteroatoms. The van der Waals surface area contributed by atoms with Gasteiger partial charge in [0.05, 0.1) is 23.6 Å². The van der Waals surface area contributed by atoms with Crippen LogP contribution in [0.2, 0.25) is 0 Å². The van der Waals surface area contributed by atoms with E-state index in [1.54, 1.807) is 60.7 Å². The van der Waals surface area contributed by atoms with Gasteiger partial charge in [-0.3, -0.25) is 14.4 Å². The number of nitrogens with zero attached hydrogens (tertiary/aromatic N) is 2. The van der Waals surface area contributed by atoms with Crippen LogP contribution in [0.5, 0.6) is 5.75 Å². The van der Waals surface area contributed by atoms with Crippen LogP contribution in [0.25, 0.3) is 6.08 Å². The highest BCUT2D eigenvalue weighted by molar-refractivity contribution is 6.24. The molecule has 206 valence electrons. The average molecular weight is 555 g/mol. The van der Waals surface area contributed by atoms with Crippen molar-refractivity contribution >= 4 is 41.0 Å². The van der Waals surface area contributed by atoms with Crippen LogP contribution in [0.1, 0.15) is 27.0 Å². The van der Waals surface area contributed by atoms with Crippen LogP contribution in [0.15, 0.2) is 109 Å². The van der Waals surface area contributed by atoms with Crippen LogP contribution in [-0.2, 0) is 14.4 Å². The molecule has 0 bridgehead atoms. The number of ether oxygens (including phenoxy) is 1. The van der Waals surface area contributed by atoms with Crippen molar-refractivity contribution in [3.63, 3.8) is 0 Å². The summed E-state index contributed by atoms with van der Waals surface area (Å²) in [7, 11) is 0. The van der Waals surface area contributed by atoms with Gasteiger partial charge in [0, 0.05) is 16.8 Å². The molecule has 4 aromatic carbocycles. The van der Waals surface area contributed by atoms with E-state index in [0.29, 0.717) is 16.8 Å². The smallest absolute Gasteiger partial charge is 0.335 e. The molecule has 3 aliphatic heterocycles. The first kappa shape index (κ1) is 25.7. The quantitative estimate of drug-likeness (QED) is 0.146. The van der Waals surface area contributed by atoms with E-state index >= 15 is 0 Å². The predicted molar refractivity (Wildman–Crippen MR) is 158 cm³/mol. The van der Waals surface area contributed by atoms with Crippen molar-refractivity contribution in [1.82, 2.24) is 0 Å². The summed E-state index contributed by atoms with van der Waals surface area (Å²) < 4.78 is 5.85. The molecule has 42 heavy (non-hydrogen) atoms.